The van der Waals surface area contributed by atoms with Crippen molar-refractivity contribution in [3.8, 4) is 5.88 Å². The van der Waals surface area contributed by atoms with Crippen LogP contribution in [-0.4, -0.2) is 23.9 Å². The van der Waals surface area contributed by atoms with Gasteiger partial charge in [-0.05, 0) is 24.7 Å². The number of hydrogen-bond acceptors (Lipinski definition) is 5. The molecule has 0 bridgehead atoms. The Labute approximate surface area is 121 Å². The van der Waals surface area contributed by atoms with E-state index in [1.807, 2.05) is 24.3 Å². The molecule has 102 valence electrons. The van der Waals surface area contributed by atoms with Gasteiger partial charge in [-0.1, -0.05) is 18.5 Å². The molecular weight excluding hydrogens is 282 g/mol. The smallest absolute Gasteiger partial charge is 0.233 e. The topological polar surface area (TPSA) is 47.0 Å². The number of hydrogen-bond donors (Lipinski definition) is 1. The minimum atomic E-state index is 0.137. The van der Waals surface area contributed by atoms with Gasteiger partial charge in [-0.25, -0.2) is 0 Å². The number of likely N-dealkylation sites (N-methyl/N-ethyl adjacent to an activating group) is 1. The van der Waals surface area contributed by atoms with Crippen LogP contribution in [-0.2, 0) is 6.42 Å². The predicted octanol–water partition coefficient (Wildman–Crippen LogP) is 3.09. The van der Waals surface area contributed by atoms with Crippen LogP contribution >= 0.6 is 22.9 Å². The van der Waals surface area contributed by atoms with Crippen molar-refractivity contribution in [1.29, 1.82) is 0 Å². The summed E-state index contributed by atoms with van der Waals surface area (Å²) in [5.41, 5.74) is 0.909. The molecule has 0 aliphatic carbocycles. The van der Waals surface area contributed by atoms with Gasteiger partial charge in [0, 0.05) is 17.4 Å². The number of nitrogens with one attached hydrogen (secondary N) is 1. The highest BCUT2D eigenvalue weighted by molar-refractivity contribution is 7.16. The van der Waals surface area contributed by atoms with Crippen LogP contribution in [0.4, 0.5) is 0 Å². The second kappa shape index (κ2) is 6.84. The molecule has 6 heteroatoms. The lowest BCUT2D eigenvalue weighted by atomic mass is 10.1. The summed E-state index contributed by atoms with van der Waals surface area (Å²) in [6.07, 6.45) is 0.853. The highest BCUT2D eigenvalue weighted by Gasteiger charge is 2.14. The van der Waals surface area contributed by atoms with Crippen molar-refractivity contribution < 1.29 is 4.74 Å². The summed E-state index contributed by atoms with van der Waals surface area (Å²) in [4.78, 5) is 1.23. The molecule has 0 aliphatic rings. The molecule has 0 saturated carbocycles. The molecule has 0 aliphatic heterocycles. The third kappa shape index (κ3) is 3.89. The molecule has 0 fully saturated rings. The second-order valence-corrected chi connectivity index (χ2v) is 5.82. The van der Waals surface area contributed by atoms with Crippen molar-refractivity contribution in [1.82, 2.24) is 15.5 Å². The van der Waals surface area contributed by atoms with Crippen molar-refractivity contribution in [3.63, 3.8) is 0 Å². The quantitative estimate of drug-likeness (QED) is 0.890. The van der Waals surface area contributed by atoms with Gasteiger partial charge in [0.15, 0.2) is 0 Å². The first-order valence-corrected chi connectivity index (χ1v) is 7.27. The fraction of sp³-hybridized carbons (Fsp3) is 0.385. The minimum absolute atomic E-state index is 0.137. The van der Waals surface area contributed by atoms with E-state index in [0.717, 1.165) is 23.0 Å². The predicted molar refractivity (Wildman–Crippen MR) is 78.0 cm³/mol. The lowest BCUT2D eigenvalue weighted by molar-refractivity contribution is 0.389. The van der Waals surface area contributed by atoms with Gasteiger partial charge in [0.25, 0.3) is 0 Å². The average Bonchev–Trinajstić information content (AvgIpc) is 2.84. The first kappa shape index (κ1) is 14.2. The zero-order valence-corrected chi connectivity index (χ0v) is 12.5. The Balaban J connectivity index is 2.13. The van der Waals surface area contributed by atoms with E-state index in [1.54, 1.807) is 18.4 Å². The first-order chi connectivity index (χ1) is 9.22. The molecule has 4 nitrogen and oxygen atoms in total. The molecule has 0 radical (unpaired) electrons. The van der Waals surface area contributed by atoms with Crippen LogP contribution < -0.4 is 10.1 Å². The summed E-state index contributed by atoms with van der Waals surface area (Å²) in [6.45, 7) is 2.95. The van der Waals surface area contributed by atoms with Crippen molar-refractivity contribution in [3.05, 3.63) is 39.2 Å². The van der Waals surface area contributed by atoms with Gasteiger partial charge in [-0.15, -0.1) is 16.4 Å². The fourth-order valence-corrected chi connectivity index (χ4v) is 2.95. The van der Waals surface area contributed by atoms with Gasteiger partial charge in [0.2, 0.25) is 5.88 Å². The molecule has 0 aromatic carbocycles. The maximum Gasteiger partial charge on any atom is 0.233 e. The minimum Gasteiger partial charge on any atom is -0.480 e. The number of nitrogens with zero attached hydrogens (tertiary/aromatic N) is 2. The van der Waals surface area contributed by atoms with Crippen molar-refractivity contribution in [2.24, 2.45) is 0 Å². The van der Waals surface area contributed by atoms with E-state index in [1.165, 1.54) is 4.88 Å². The van der Waals surface area contributed by atoms with Crippen LogP contribution in [0.15, 0.2) is 24.3 Å². The molecule has 0 spiro atoms. The zero-order chi connectivity index (χ0) is 13.7. The van der Waals surface area contributed by atoms with Gasteiger partial charge < -0.3 is 10.1 Å². The van der Waals surface area contributed by atoms with Crippen LogP contribution in [0.2, 0.25) is 4.34 Å². The molecule has 1 atom stereocenters. The maximum atomic E-state index is 5.96. The summed E-state index contributed by atoms with van der Waals surface area (Å²) in [5.74, 6) is 0.526. The largest absolute Gasteiger partial charge is 0.480 e. The molecule has 2 rings (SSSR count). The standard InChI is InChI=1S/C13H16ClN3OS/c1-3-15-11(8-9-4-6-12(14)19-9)10-5-7-13(18-2)17-16-10/h4-7,11,15H,3,8H2,1-2H3. The average molecular weight is 298 g/mol. The SMILES string of the molecule is CCNC(Cc1ccc(Cl)s1)c1ccc(OC)nn1. The fourth-order valence-electron chi connectivity index (χ4n) is 1.82. The Hall–Kier alpha value is -1.17. The Morgan fingerprint density at radius 3 is 2.68 bits per heavy atom. The van der Waals surface area contributed by atoms with Crippen molar-refractivity contribution in [2.45, 2.75) is 19.4 Å². The van der Waals surface area contributed by atoms with Crippen LogP contribution in [0.3, 0.4) is 0 Å². The van der Waals surface area contributed by atoms with Gasteiger partial charge in [0.05, 0.1) is 23.2 Å². The lowest BCUT2D eigenvalue weighted by Crippen LogP contribution is -2.23. The summed E-state index contributed by atoms with van der Waals surface area (Å²) >= 11 is 7.56. The Bertz CT molecular complexity index is 515. The maximum absolute atomic E-state index is 5.96. The monoisotopic (exact) mass is 297 g/mol. The Morgan fingerprint density at radius 2 is 2.16 bits per heavy atom. The van der Waals surface area contributed by atoms with Crippen LogP contribution in [0.1, 0.15) is 23.5 Å². The van der Waals surface area contributed by atoms with Crippen molar-refractivity contribution >= 4 is 22.9 Å². The molecule has 19 heavy (non-hydrogen) atoms. The van der Waals surface area contributed by atoms with E-state index in [9.17, 15) is 0 Å². The summed E-state index contributed by atoms with van der Waals surface area (Å²) < 4.78 is 5.83. The second-order valence-electron chi connectivity index (χ2n) is 4.02. The Kier molecular flexibility index (Phi) is 5.13. The van der Waals surface area contributed by atoms with Gasteiger partial charge in [0.1, 0.15) is 0 Å². The molecule has 2 aromatic rings. The number of methoxy groups -OCH3 is 1. The van der Waals surface area contributed by atoms with Gasteiger partial charge in [-0.2, -0.15) is 5.10 Å². The summed E-state index contributed by atoms with van der Waals surface area (Å²) in [6, 6.07) is 7.87. The zero-order valence-electron chi connectivity index (χ0n) is 10.9. The van der Waals surface area contributed by atoms with E-state index in [-0.39, 0.29) is 6.04 Å². The van der Waals surface area contributed by atoms with Crippen LogP contribution in [0.25, 0.3) is 0 Å². The highest BCUT2D eigenvalue weighted by Crippen LogP contribution is 2.26. The molecule has 1 N–H and O–H groups in total. The molecule has 0 amide bonds. The third-order valence-electron chi connectivity index (χ3n) is 2.71. The van der Waals surface area contributed by atoms with Gasteiger partial charge in [-0.3, -0.25) is 0 Å². The van der Waals surface area contributed by atoms with Crippen LogP contribution in [0.5, 0.6) is 5.88 Å². The number of rotatable bonds is 6. The molecule has 2 heterocycles. The van der Waals surface area contributed by atoms with Gasteiger partial charge >= 0.3 is 0 Å². The number of aromatic nitrogens is 2. The number of halogens is 1. The molecule has 1 unspecified atom stereocenters. The van der Waals surface area contributed by atoms with E-state index in [2.05, 4.69) is 22.4 Å². The van der Waals surface area contributed by atoms with E-state index in [4.69, 9.17) is 16.3 Å². The lowest BCUT2D eigenvalue weighted by Gasteiger charge is -2.16. The normalized spacial score (nSPS) is 12.4. The van der Waals surface area contributed by atoms with Crippen molar-refractivity contribution in [2.75, 3.05) is 13.7 Å². The van der Waals surface area contributed by atoms with E-state index in [0.29, 0.717) is 5.88 Å². The number of ether oxygens (including phenoxy) is 1. The molecule has 0 saturated heterocycles. The highest BCUT2D eigenvalue weighted by atomic mass is 35.5. The summed E-state index contributed by atoms with van der Waals surface area (Å²) in [5, 5.41) is 11.6. The van der Waals surface area contributed by atoms with E-state index >= 15 is 0 Å². The first-order valence-electron chi connectivity index (χ1n) is 6.08. The molecular formula is C13H16ClN3OS. The Morgan fingerprint density at radius 1 is 1.32 bits per heavy atom. The third-order valence-corrected chi connectivity index (χ3v) is 3.97. The number of thiophene rings is 1. The molecule has 2 aromatic heterocycles. The summed E-state index contributed by atoms with van der Waals surface area (Å²) in [7, 11) is 1.58. The van der Waals surface area contributed by atoms with E-state index < -0.39 is 0 Å². The van der Waals surface area contributed by atoms with Crippen LogP contribution in [0, 0.1) is 0 Å².